The first-order valence-corrected chi connectivity index (χ1v) is 11.9. The summed E-state index contributed by atoms with van der Waals surface area (Å²) in [6.45, 7) is 6.80. The van der Waals surface area contributed by atoms with E-state index in [1.54, 1.807) is 30.3 Å². The minimum atomic E-state index is -4.88. The number of nitrogens with zero attached hydrogens (tertiary/aromatic N) is 4. The van der Waals surface area contributed by atoms with Crippen molar-refractivity contribution in [3.05, 3.63) is 71.8 Å². The Bertz CT molecular complexity index is 1460. The van der Waals surface area contributed by atoms with Gasteiger partial charge >= 0.3 is 6.18 Å². The summed E-state index contributed by atoms with van der Waals surface area (Å²) in [5.74, 6) is -0.676. The van der Waals surface area contributed by atoms with Gasteiger partial charge in [0, 0.05) is 0 Å². The molecule has 0 saturated carbocycles. The van der Waals surface area contributed by atoms with Gasteiger partial charge in [0.1, 0.15) is 23.2 Å². The lowest BCUT2D eigenvalue weighted by Crippen LogP contribution is -2.44. The lowest BCUT2D eigenvalue weighted by Gasteiger charge is -2.30. The van der Waals surface area contributed by atoms with E-state index in [-0.39, 0.29) is 22.6 Å². The van der Waals surface area contributed by atoms with Crippen LogP contribution in [0.25, 0.3) is 11.1 Å². The fourth-order valence-corrected chi connectivity index (χ4v) is 4.69. The highest BCUT2D eigenvalue weighted by Gasteiger charge is 2.51. The Morgan fingerprint density at radius 2 is 1.71 bits per heavy atom. The third-order valence-corrected chi connectivity index (χ3v) is 6.32. The van der Waals surface area contributed by atoms with Crippen LogP contribution >= 0.6 is 12.2 Å². The minimum absolute atomic E-state index is 0.00706. The van der Waals surface area contributed by atoms with Crippen LogP contribution in [0, 0.1) is 17.1 Å². The number of pyridine rings is 1. The molecule has 1 fully saturated rings. The smallest absolute Gasteiger partial charge is 0.419 e. The fraction of sp³-hybridized carbons (Fsp3) is 0.259. The second-order valence-electron chi connectivity index (χ2n) is 9.37. The van der Waals surface area contributed by atoms with E-state index < -0.39 is 34.7 Å². The van der Waals surface area contributed by atoms with Gasteiger partial charge in [-0.25, -0.2) is 9.37 Å². The van der Waals surface area contributed by atoms with E-state index >= 15 is 4.39 Å². The highest BCUT2D eigenvalue weighted by Crippen LogP contribution is 2.40. The number of aromatic nitrogens is 1. The lowest BCUT2D eigenvalue weighted by atomic mass is 10.0. The van der Waals surface area contributed by atoms with Gasteiger partial charge in [-0.05, 0) is 81.4 Å². The quantitative estimate of drug-likeness (QED) is 0.272. The first-order valence-electron chi connectivity index (χ1n) is 11.5. The number of anilines is 2. The van der Waals surface area contributed by atoms with E-state index in [1.165, 1.54) is 36.9 Å². The molecule has 1 aliphatic rings. The molecule has 2 heterocycles. The maximum atomic E-state index is 15.5. The molecule has 4 rings (SSSR count). The lowest BCUT2D eigenvalue weighted by molar-refractivity contribution is -0.138. The van der Waals surface area contributed by atoms with Crippen molar-refractivity contribution in [2.45, 2.75) is 45.5 Å². The molecule has 196 valence electrons. The second kappa shape index (κ2) is 9.68. The zero-order chi connectivity index (χ0) is 28.0. The topological polar surface area (TPSA) is 69.5 Å². The Hall–Kier alpha value is -4.04. The molecule has 1 aliphatic heterocycles. The molecule has 6 nitrogen and oxygen atoms in total. The number of alkyl halides is 3. The van der Waals surface area contributed by atoms with Crippen LogP contribution in [0.2, 0.25) is 0 Å². The average molecular weight is 543 g/mol. The normalized spacial score (nSPS) is 15.3. The molecule has 38 heavy (non-hydrogen) atoms. The number of carbonyl (C=O) groups excluding carboxylic acids is 1. The molecule has 0 N–H and O–H groups in total. The second-order valence-corrected chi connectivity index (χ2v) is 9.74. The third-order valence-electron chi connectivity index (χ3n) is 5.96. The van der Waals surface area contributed by atoms with Crippen LogP contribution < -0.4 is 14.5 Å². The zero-order valence-electron chi connectivity index (χ0n) is 20.8. The van der Waals surface area contributed by atoms with Crippen molar-refractivity contribution in [2.24, 2.45) is 0 Å². The van der Waals surface area contributed by atoms with Crippen LogP contribution in [0.15, 0.2) is 54.7 Å². The number of ether oxygens (including phenoxy) is 1. The molecule has 2 aromatic carbocycles. The van der Waals surface area contributed by atoms with Crippen LogP contribution in [-0.4, -0.2) is 27.6 Å². The SMILES string of the molecule is CC(C)Oc1ccc(-c2ccc(N3C(=S)N(c4cnc(C#N)c(C(F)(F)F)c4)C(=O)C3(C)C)c(F)c2)cc1. The predicted octanol–water partition coefficient (Wildman–Crippen LogP) is 6.48. The summed E-state index contributed by atoms with van der Waals surface area (Å²) in [7, 11) is 0. The van der Waals surface area contributed by atoms with Crippen molar-refractivity contribution < 1.29 is 27.1 Å². The summed E-state index contributed by atoms with van der Waals surface area (Å²) in [6, 6.07) is 13.6. The molecule has 1 amide bonds. The van der Waals surface area contributed by atoms with E-state index in [9.17, 15) is 18.0 Å². The van der Waals surface area contributed by atoms with Crippen molar-refractivity contribution in [1.82, 2.24) is 4.98 Å². The highest BCUT2D eigenvalue weighted by molar-refractivity contribution is 7.81. The summed E-state index contributed by atoms with van der Waals surface area (Å²) in [5.41, 5.74) is -2.55. The van der Waals surface area contributed by atoms with Crippen molar-refractivity contribution in [3.63, 3.8) is 0 Å². The summed E-state index contributed by atoms with van der Waals surface area (Å²) in [5, 5.41) is 8.80. The number of rotatable bonds is 5. The van der Waals surface area contributed by atoms with Crippen molar-refractivity contribution in [1.29, 1.82) is 5.26 Å². The number of benzene rings is 2. The molecule has 0 unspecified atom stereocenters. The molecule has 0 aliphatic carbocycles. The standard InChI is InChI=1S/C27H22F4N4O2S/c1-15(2)37-19-8-5-16(6-9-19)17-7-10-23(21(28)11-17)35-25(38)34(24(36)26(35,3)4)18-12-20(27(29,30)31)22(13-32)33-14-18/h5-12,14-15H,1-4H3. The zero-order valence-corrected chi connectivity index (χ0v) is 21.6. The Balaban J connectivity index is 1.70. The van der Waals surface area contributed by atoms with Crippen LogP contribution in [0.1, 0.15) is 39.0 Å². The largest absolute Gasteiger partial charge is 0.491 e. The van der Waals surface area contributed by atoms with Gasteiger partial charge in [-0.3, -0.25) is 9.69 Å². The molecule has 3 aromatic rings. The molecular weight excluding hydrogens is 520 g/mol. The number of hydrogen-bond donors (Lipinski definition) is 0. The number of halogens is 4. The van der Waals surface area contributed by atoms with Gasteiger partial charge in [0.25, 0.3) is 5.91 Å². The Morgan fingerprint density at radius 3 is 2.26 bits per heavy atom. The highest BCUT2D eigenvalue weighted by atomic mass is 32.1. The van der Waals surface area contributed by atoms with Crippen molar-refractivity contribution in [2.75, 3.05) is 9.80 Å². The van der Waals surface area contributed by atoms with Gasteiger partial charge < -0.3 is 9.64 Å². The van der Waals surface area contributed by atoms with Crippen LogP contribution in [0.3, 0.4) is 0 Å². The Labute approximate surface area is 222 Å². The molecule has 11 heteroatoms. The Kier molecular flexibility index (Phi) is 6.88. The van der Waals surface area contributed by atoms with Crippen LogP contribution in [0.5, 0.6) is 5.75 Å². The molecule has 0 atom stereocenters. The predicted molar refractivity (Wildman–Crippen MR) is 138 cm³/mol. The average Bonchev–Trinajstić information content (AvgIpc) is 3.02. The van der Waals surface area contributed by atoms with E-state index in [0.717, 1.165) is 16.7 Å². The van der Waals surface area contributed by atoms with Gasteiger partial charge in [0.15, 0.2) is 10.8 Å². The third kappa shape index (κ3) is 4.79. The maximum absolute atomic E-state index is 15.5. The number of hydrogen-bond acceptors (Lipinski definition) is 5. The van der Waals surface area contributed by atoms with Gasteiger partial charge in [-0.15, -0.1) is 0 Å². The van der Waals surface area contributed by atoms with Gasteiger partial charge in [0.05, 0.1) is 29.2 Å². The molecule has 0 bridgehead atoms. The summed E-state index contributed by atoms with van der Waals surface area (Å²) in [4.78, 5) is 19.0. The molecule has 1 aromatic heterocycles. The van der Waals surface area contributed by atoms with Gasteiger partial charge in [-0.2, -0.15) is 18.4 Å². The number of thiocarbonyl (C=S) groups is 1. The molecule has 0 spiro atoms. The number of nitriles is 1. The van der Waals surface area contributed by atoms with E-state index in [2.05, 4.69) is 4.98 Å². The molecular formula is C27H22F4N4O2S. The monoisotopic (exact) mass is 542 g/mol. The first kappa shape index (κ1) is 27.0. The minimum Gasteiger partial charge on any atom is -0.491 e. The number of carbonyl (C=O) groups is 1. The first-order chi connectivity index (χ1) is 17.8. The van der Waals surface area contributed by atoms with E-state index in [4.69, 9.17) is 22.2 Å². The van der Waals surface area contributed by atoms with Crippen molar-refractivity contribution in [3.8, 4) is 22.9 Å². The van der Waals surface area contributed by atoms with E-state index in [1.807, 2.05) is 13.8 Å². The Morgan fingerprint density at radius 1 is 1.08 bits per heavy atom. The fourth-order valence-electron chi connectivity index (χ4n) is 4.17. The van der Waals surface area contributed by atoms with Gasteiger partial charge in [0.2, 0.25) is 0 Å². The summed E-state index contributed by atoms with van der Waals surface area (Å²) in [6.07, 6.45) is -3.91. The van der Waals surface area contributed by atoms with Crippen molar-refractivity contribution >= 4 is 34.6 Å². The molecule has 0 radical (unpaired) electrons. The van der Waals surface area contributed by atoms with Gasteiger partial charge in [-0.1, -0.05) is 18.2 Å². The van der Waals surface area contributed by atoms with E-state index in [0.29, 0.717) is 17.4 Å². The molecule has 1 saturated heterocycles. The number of amides is 1. The summed E-state index contributed by atoms with van der Waals surface area (Å²) >= 11 is 5.46. The van der Waals surface area contributed by atoms with Crippen LogP contribution in [-0.2, 0) is 11.0 Å². The summed E-state index contributed by atoms with van der Waals surface area (Å²) < 4.78 is 61.6. The van der Waals surface area contributed by atoms with Crippen LogP contribution in [0.4, 0.5) is 28.9 Å². The maximum Gasteiger partial charge on any atom is 0.419 e.